The summed E-state index contributed by atoms with van der Waals surface area (Å²) in [6.07, 6.45) is 1.25. The molecule has 0 aromatic heterocycles. The van der Waals surface area contributed by atoms with Crippen molar-refractivity contribution < 1.29 is 23.6 Å². The second kappa shape index (κ2) is 9.19. The largest absolute Gasteiger partial charge is 0.598 e. The fourth-order valence-electron chi connectivity index (χ4n) is 2.78. The molecule has 1 fully saturated rings. The summed E-state index contributed by atoms with van der Waals surface area (Å²) in [5.41, 5.74) is 0.950. The topological polar surface area (TPSA) is 79.9 Å². The molecule has 2 rings (SSSR count). The van der Waals surface area contributed by atoms with Gasteiger partial charge < -0.3 is 18.8 Å². The molecule has 7 heteroatoms. The monoisotopic (exact) mass is 383 g/mol. The Morgan fingerprint density at radius 3 is 2.46 bits per heavy atom. The normalized spacial score (nSPS) is 19.1. The Kier molecular flexibility index (Phi) is 7.49. The first-order chi connectivity index (χ1) is 12.3. The molecule has 0 bridgehead atoms. The lowest BCUT2D eigenvalue weighted by Gasteiger charge is -2.31. The molecule has 26 heavy (non-hydrogen) atoms. The van der Waals surface area contributed by atoms with Crippen LogP contribution in [0.5, 0.6) is 0 Å². The maximum Gasteiger partial charge on any atom is 0.307 e. The van der Waals surface area contributed by atoms with E-state index in [4.69, 9.17) is 14.2 Å². The lowest BCUT2D eigenvalue weighted by Crippen LogP contribution is -2.46. The van der Waals surface area contributed by atoms with Crippen LogP contribution in [-0.2, 0) is 36.2 Å². The molecule has 0 amide bonds. The summed E-state index contributed by atoms with van der Waals surface area (Å²) < 4.78 is 31.8. The first-order valence-corrected chi connectivity index (χ1v) is 10.00. The number of carbonyl (C=O) groups is 1. The highest BCUT2D eigenvalue weighted by Crippen LogP contribution is 2.36. The molecule has 1 saturated heterocycles. The predicted molar refractivity (Wildman–Crippen MR) is 101 cm³/mol. The Morgan fingerprint density at radius 1 is 1.31 bits per heavy atom. The van der Waals surface area contributed by atoms with Gasteiger partial charge in [0.15, 0.2) is 5.79 Å². The van der Waals surface area contributed by atoms with E-state index in [1.165, 1.54) is 7.11 Å². The Balaban J connectivity index is 2.09. The quantitative estimate of drug-likeness (QED) is 0.549. The van der Waals surface area contributed by atoms with Gasteiger partial charge in [-0.2, -0.15) is 0 Å². The zero-order valence-electron chi connectivity index (χ0n) is 15.9. The number of hydrogen-bond acceptors (Lipinski definition) is 6. The molecule has 0 saturated carbocycles. The van der Waals surface area contributed by atoms with Crippen molar-refractivity contribution in [1.29, 1.82) is 0 Å². The van der Waals surface area contributed by atoms with Gasteiger partial charge in [0.2, 0.25) is 0 Å². The molecule has 1 N–H and O–H groups in total. The Hall–Kier alpha value is -1.12. The highest BCUT2D eigenvalue weighted by atomic mass is 32.2. The van der Waals surface area contributed by atoms with E-state index in [9.17, 15) is 9.35 Å². The summed E-state index contributed by atoms with van der Waals surface area (Å²) >= 11 is -1.29. The number of benzene rings is 1. The number of nitrogens with one attached hydrogen (secondary N) is 1. The minimum atomic E-state index is -1.29. The van der Waals surface area contributed by atoms with Crippen LogP contribution in [0.3, 0.4) is 0 Å². The molecule has 2 atom stereocenters. The van der Waals surface area contributed by atoms with Crippen molar-refractivity contribution in [2.75, 3.05) is 20.3 Å². The van der Waals surface area contributed by atoms with Crippen molar-refractivity contribution >= 4 is 17.3 Å². The number of rotatable bonds is 8. The van der Waals surface area contributed by atoms with E-state index < -0.39 is 21.9 Å². The summed E-state index contributed by atoms with van der Waals surface area (Å²) in [5.74, 6) is -1.16. The van der Waals surface area contributed by atoms with Crippen molar-refractivity contribution in [3.05, 3.63) is 35.9 Å². The van der Waals surface area contributed by atoms with Gasteiger partial charge in [0.25, 0.3) is 0 Å². The number of methoxy groups -OCH3 is 1. The lowest BCUT2D eigenvalue weighted by atomic mass is 9.97. The standard InChI is InChI=1S/C19H29NO5S/c1-18(2,3)26(22)20-16(14-17(21)23-4)10-11-19(24-12-13-25-19)15-8-6-5-7-9-15/h5-9,16,20H,10-14H2,1-4H3/t16-,26?/m0/s1. The van der Waals surface area contributed by atoms with Crippen LogP contribution in [0.2, 0.25) is 0 Å². The van der Waals surface area contributed by atoms with Crippen molar-refractivity contribution in [1.82, 2.24) is 4.72 Å². The van der Waals surface area contributed by atoms with E-state index in [-0.39, 0.29) is 18.4 Å². The average Bonchev–Trinajstić information content (AvgIpc) is 3.09. The Bertz CT molecular complexity index is 569. The van der Waals surface area contributed by atoms with E-state index in [1.54, 1.807) is 0 Å². The fourth-order valence-corrected chi connectivity index (χ4v) is 3.64. The summed E-state index contributed by atoms with van der Waals surface area (Å²) in [4.78, 5) is 11.8. The van der Waals surface area contributed by atoms with E-state index in [1.807, 2.05) is 51.1 Å². The van der Waals surface area contributed by atoms with E-state index in [2.05, 4.69) is 4.72 Å². The molecule has 1 unspecified atom stereocenters. The van der Waals surface area contributed by atoms with Gasteiger partial charge in [0.1, 0.15) is 4.75 Å². The zero-order chi connectivity index (χ0) is 19.2. The van der Waals surface area contributed by atoms with Gasteiger partial charge in [-0.3, -0.25) is 4.79 Å². The molecule has 1 aliphatic heterocycles. The van der Waals surface area contributed by atoms with Crippen LogP contribution in [0.15, 0.2) is 30.3 Å². The van der Waals surface area contributed by atoms with Crippen molar-refractivity contribution in [3.63, 3.8) is 0 Å². The maximum atomic E-state index is 12.5. The molecular weight excluding hydrogens is 354 g/mol. The van der Waals surface area contributed by atoms with Gasteiger partial charge >= 0.3 is 5.97 Å². The van der Waals surface area contributed by atoms with Crippen LogP contribution >= 0.6 is 0 Å². The molecule has 1 heterocycles. The number of carbonyl (C=O) groups excluding carboxylic acids is 1. The molecule has 1 aliphatic rings. The average molecular weight is 384 g/mol. The summed E-state index contributed by atoms with van der Waals surface area (Å²) in [6.45, 7) is 6.72. The lowest BCUT2D eigenvalue weighted by molar-refractivity contribution is -0.172. The van der Waals surface area contributed by atoms with Crippen LogP contribution in [0.25, 0.3) is 0 Å². The van der Waals surface area contributed by atoms with E-state index >= 15 is 0 Å². The molecule has 0 spiro atoms. The van der Waals surface area contributed by atoms with Crippen LogP contribution in [-0.4, -0.2) is 41.6 Å². The van der Waals surface area contributed by atoms with Crippen molar-refractivity contribution in [3.8, 4) is 0 Å². The molecule has 1 aromatic carbocycles. The SMILES string of the molecule is COC(=O)C[C@H](CCC1(c2ccccc2)OCCO1)N[S+]([O-])C(C)(C)C. The second-order valence-electron chi connectivity index (χ2n) is 7.33. The minimum Gasteiger partial charge on any atom is -0.598 e. The first-order valence-electron chi connectivity index (χ1n) is 8.85. The second-order valence-corrected chi connectivity index (χ2v) is 9.33. The highest BCUT2D eigenvalue weighted by molar-refractivity contribution is 7.90. The van der Waals surface area contributed by atoms with Gasteiger partial charge in [-0.05, 0) is 27.2 Å². The minimum absolute atomic E-state index is 0.142. The van der Waals surface area contributed by atoms with Crippen LogP contribution in [0.1, 0.15) is 45.6 Å². The van der Waals surface area contributed by atoms with E-state index in [0.29, 0.717) is 26.1 Å². The molecule has 1 aromatic rings. The summed E-state index contributed by atoms with van der Waals surface area (Å²) in [6, 6.07) is 9.49. The van der Waals surface area contributed by atoms with Gasteiger partial charge in [-0.25, -0.2) is 0 Å². The molecular formula is C19H29NO5S. The number of hydrogen-bond donors (Lipinski definition) is 1. The third-order valence-corrected chi connectivity index (χ3v) is 5.92. The van der Waals surface area contributed by atoms with Crippen LogP contribution in [0.4, 0.5) is 0 Å². The van der Waals surface area contributed by atoms with Gasteiger partial charge in [0, 0.05) is 23.3 Å². The van der Waals surface area contributed by atoms with Gasteiger partial charge in [-0.1, -0.05) is 30.3 Å². The smallest absolute Gasteiger partial charge is 0.307 e. The molecule has 0 aliphatic carbocycles. The number of ether oxygens (including phenoxy) is 3. The van der Waals surface area contributed by atoms with Crippen molar-refractivity contribution in [2.45, 2.75) is 56.6 Å². The number of esters is 1. The third-order valence-electron chi connectivity index (χ3n) is 4.26. The Labute approximate surface area is 158 Å². The van der Waals surface area contributed by atoms with E-state index in [0.717, 1.165) is 5.56 Å². The van der Waals surface area contributed by atoms with Gasteiger partial charge in [0.05, 0.1) is 32.8 Å². The van der Waals surface area contributed by atoms with Crippen LogP contribution in [0, 0.1) is 0 Å². The maximum absolute atomic E-state index is 12.5. The Morgan fingerprint density at radius 2 is 1.92 bits per heavy atom. The molecule has 6 nitrogen and oxygen atoms in total. The van der Waals surface area contributed by atoms with Crippen LogP contribution < -0.4 is 4.72 Å². The fraction of sp³-hybridized carbons (Fsp3) is 0.632. The highest BCUT2D eigenvalue weighted by Gasteiger charge is 2.40. The summed E-state index contributed by atoms with van der Waals surface area (Å²) in [7, 11) is 1.36. The predicted octanol–water partition coefficient (Wildman–Crippen LogP) is 2.65. The van der Waals surface area contributed by atoms with Crippen molar-refractivity contribution in [2.24, 2.45) is 0 Å². The molecule has 146 valence electrons. The third kappa shape index (κ3) is 5.69. The van der Waals surface area contributed by atoms with Gasteiger partial charge in [-0.15, -0.1) is 4.72 Å². The summed E-state index contributed by atoms with van der Waals surface area (Å²) in [5, 5.41) is 0. The molecule has 0 radical (unpaired) electrons. The first kappa shape index (κ1) is 21.2. The zero-order valence-corrected chi connectivity index (χ0v) is 16.8.